The predicted octanol–water partition coefficient (Wildman–Crippen LogP) is 3.74. The van der Waals surface area contributed by atoms with Crippen molar-refractivity contribution >= 4 is 11.9 Å². The first-order chi connectivity index (χ1) is 10.2. The second-order valence-electron chi connectivity index (χ2n) is 5.35. The molecule has 4 heteroatoms. The van der Waals surface area contributed by atoms with Gasteiger partial charge in [-0.1, -0.05) is 31.9 Å². The summed E-state index contributed by atoms with van der Waals surface area (Å²) >= 11 is 0. The number of carbonyl (C=O) groups is 2. The number of carbonyl (C=O) groups excluding carboxylic acids is 2. The summed E-state index contributed by atoms with van der Waals surface area (Å²) in [6.07, 6.45) is 5.87. The molecule has 1 aliphatic carbocycles. The maximum atomic E-state index is 12.1. The predicted molar refractivity (Wildman–Crippen MR) is 79.3 cm³/mol. The summed E-state index contributed by atoms with van der Waals surface area (Å²) in [5.74, 6) is -0.881. The number of rotatable bonds is 7. The third kappa shape index (κ3) is 4.31. The lowest BCUT2D eigenvalue weighted by molar-refractivity contribution is 0.00849. The Labute approximate surface area is 125 Å². The quantitative estimate of drug-likeness (QED) is 0.567. The highest BCUT2D eigenvalue weighted by Gasteiger charge is 2.25. The first kappa shape index (κ1) is 15.5. The fraction of sp³-hybridized carbons (Fsp3) is 0.529. The van der Waals surface area contributed by atoms with Crippen molar-refractivity contribution in [2.24, 2.45) is 0 Å². The van der Waals surface area contributed by atoms with Crippen LogP contribution in [0.25, 0.3) is 0 Å². The monoisotopic (exact) mass is 290 g/mol. The van der Waals surface area contributed by atoms with Gasteiger partial charge in [0.25, 0.3) is 0 Å². The lowest BCUT2D eigenvalue weighted by Gasteiger charge is -2.25. The molecule has 114 valence electrons. The van der Waals surface area contributed by atoms with Crippen molar-refractivity contribution in [2.45, 2.75) is 51.6 Å². The molecule has 21 heavy (non-hydrogen) atoms. The van der Waals surface area contributed by atoms with Crippen molar-refractivity contribution in [3.8, 4) is 0 Å². The molecular weight excluding hydrogens is 268 g/mol. The highest BCUT2D eigenvalue weighted by atomic mass is 16.5. The molecular formula is C17H22O4. The van der Waals surface area contributed by atoms with Gasteiger partial charge in [-0.15, -0.1) is 0 Å². The summed E-state index contributed by atoms with van der Waals surface area (Å²) in [5, 5.41) is 0. The van der Waals surface area contributed by atoms with Gasteiger partial charge in [-0.3, -0.25) is 0 Å². The average molecular weight is 290 g/mol. The third-order valence-electron chi connectivity index (χ3n) is 3.67. The first-order valence-electron chi connectivity index (χ1n) is 7.69. The Morgan fingerprint density at radius 3 is 2.33 bits per heavy atom. The van der Waals surface area contributed by atoms with Crippen LogP contribution in [0.4, 0.5) is 0 Å². The topological polar surface area (TPSA) is 52.6 Å². The maximum absolute atomic E-state index is 12.1. The van der Waals surface area contributed by atoms with Gasteiger partial charge in [0.05, 0.1) is 17.7 Å². The van der Waals surface area contributed by atoms with Crippen molar-refractivity contribution in [1.82, 2.24) is 0 Å². The smallest absolute Gasteiger partial charge is 0.339 e. The molecule has 0 spiro atoms. The molecule has 0 bridgehead atoms. The molecule has 0 atom stereocenters. The van der Waals surface area contributed by atoms with Gasteiger partial charge < -0.3 is 9.47 Å². The van der Waals surface area contributed by atoms with Crippen LogP contribution in [0.5, 0.6) is 0 Å². The van der Waals surface area contributed by atoms with Gasteiger partial charge in [0.1, 0.15) is 6.10 Å². The van der Waals surface area contributed by atoms with E-state index in [0.717, 1.165) is 38.5 Å². The third-order valence-corrected chi connectivity index (χ3v) is 3.67. The minimum Gasteiger partial charge on any atom is -0.462 e. The summed E-state index contributed by atoms with van der Waals surface area (Å²) in [5.41, 5.74) is 0.586. The molecule has 0 N–H and O–H groups in total. The molecule has 0 unspecified atom stereocenters. The zero-order chi connectivity index (χ0) is 15.1. The Morgan fingerprint density at radius 2 is 1.76 bits per heavy atom. The van der Waals surface area contributed by atoms with Crippen molar-refractivity contribution in [3.63, 3.8) is 0 Å². The molecule has 0 heterocycles. The zero-order valence-corrected chi connectivity index (χ0v) is 12.5. The van der Waals surface area contributed by atoms with Crippen molar-refractivity contribution in [3.05, 3.63) is 35.4 Å². The zero-order valence-electron chi connectivity index (χ0n) is 12.5. The summed E-state index contributed by atoms with van der Waals surface area (Å²) in [7, 11) is 0. The van der Waals surface area contributed by atoms with E-state index in [-0.39, 0.29) is 6.10 Å². The number of ether oxygens (including phenoxy) is 2. The van der Waals surface area contributed by atoms with Crippen LogP contribution >= 0.6 is 0 Å². The van der Waals surface area contributed by atoms with Crippen LogP contribution in [-0.4, -0.2) is 24.6 Å². The summed E-state index contributed by atoms with van der Waals surface area (Å²) in [6, 6.07) is 6.68. The van der Waals surface area contributed by atoms with E-state index in [4.69, 9.17) is 9.47 Å². The summed E-state index contributed by atoms with van der Waals surface area (Å²) < 4.78 is 10.6. The van der Waals surface area contributed by atoms with Crippen LogP contribution in [0.3, 0.4) is 0 Å². The molecule has 0 saturated heterocycles. The van der Waals surface area contributed by atoms with E-state index < -0.39 is 11.9 Å². The van der Waals surface area contributed by atoms with Crippen LogP contribution in [0.2, 0.25) is 0 Å². The van der Waals surface area contributed by atoms with Gasteiger partial charge in [0.2, 0.25) is 0 Å². The highest BCUT2D eigenvalue weighted by Crippen LogP contribution is 2.24. The second kappa shape index (κ2) is 7.81. The number of hydrogen-bond donors (Lipinski definition) is 0. The Bertz CT molecular complexity index is 491. The van der Waals surface area contributed by atoms with Crippen molar-refractivity contribution in [2.75, 3.05) is 6.61 Å². The second-order valence-corrected chi connectivity index (χ2v) is 5.35. The minimum atomic E-state index is -0.452. The first-order valence-corrected chi connectivity index (χ1v) is 7.69. The number of benzene rings is 1. The molecule has 0 amide bonds. The van der Waals surface area contributed by atoms with Gasteiger partial charge >= 0.3 is 11.9 Å². The van der Waals surface area contributed by atoms with E-state index in [1.165, 1.54) is 0 Å². The summed E-state index contributed by atoms with van der Waals surface area (Å²) in [6.45, 7) is 2.48. The molecule has 1 aromatic rings. The Morgan fingerprint density at radius 1 is 1.10 bits per heavy atom. The standard InChI is InChI=1S/C17H22O4/c1-2-3-6-12-20-16(18)14-10-4-5-11-15(14)17(19)21-13-8-7-9-13/h4-5,10-11,13H,2-3,6-9,12H2,1H3. The van der Waals surface area contributed by atoms with Gasteiger partial charge in [-0.05, 0) is 37.8 Å². The normalized spacial score (nSPS) is 14.3. The van der Waals surface area contributed by atoms with E-state index in [9.17, 15) is 9.59 Å². The van der Waals surface area contributed by atoms with Crippen LogP contribution < -0.4 is 0 Å². The Balaban J connectivity index is 1.98. The van der Waals surface area contributed by atoms with Gasteiger partial charge in [-0.25, -0.2) is 9.59 Å². The van der Waals surface area contributed by atoms with E-state index in [0.29, 0.717) is 17.7 Å². The fourth-order valence-corrected chi connectivity index (χ4v) is 2.14. The molecule has 1 saturated carbocycles. The Hall–Kier alpha value is -1.84. The molecule has 4 nitrogen and oxygen atoms in total. The number of esters is 2. The number of hydrogen-bond acceptors (Lipinski definition) is 4. The molecule has 2 rings (SSSR count). The van der Waals surface area contributed by atoms with Crippen LogP contribution in [-0.2, 0) is 9.47 Å². The molecule has 1 aromatic carbocycles. The molecule has 0 aliphatic heterocycles. The lowest BCUT2D eigenvalue weighted by atomic mass is 9.96. The summed E-state index contributed by atoms with van der Waals surface area (Å²) in [4.78, 5) is 24.2. The lowest BCUT2D eigenvalue weighted by Crippen LogP contribution is -2.26. The van der Waals surface area contributed by atoms with E-state index in [2.05, 4.69) is 6.92 Å². The molecule has 1 fully saturated rings. The van der Waals surface area contributed by atoms with Crippen LogP contribution in [0.15, 0.2) is 24.3 Å². The maximum Gasteiger partial charge on any atom is 0.339 e. The van der Waals surface area contributed by atoms with Crippen molar-refractivity contribution < 1.29 is 19.1 Å². The SMILES string of the molecule is CCCCCOC(=O)c1ccccc1C(=O)OC1CCC1. The van der Waals surface area contributed by atoms with Crippen LogP contribution in [0.1, 0.15) is 66.2 Å². The van der Waals surface area contributed by atoms with Gasteiger partial charge in [-0.2, -0.15) is 0 Å². The van der Waals surface area contributed by atoms with Gasteiger partial charge in [0, 0.05) is 0 Å². The largest absolute Gasteiger partial charge is 0.462 e. The van der Waals surface area contributed by atoms with E-state index >= 15 is 0 Å². The average Bonchev–Trinajstić information content (AvgIpc) is 2.47. The number of unbranched alkanes of at least 4 members (excludes halogenated alkanes) is 2. The fourth-order valence-electron chi connectivity index (χ4n) is 2.14. The van der Waals surface area contributed by atoms with Gasteiger partial charge in [0.15, 0.2) is 0 Å². The molecule has 0 radical (unpaired) electrons. The van der Waals surface area contributed by atoms with E-state index in [1.807, 2.05) is 0 Å². The highest BCUT2D eigenvalue weighted by molar-refractivity contribution is 6.03. The Kier molecular flexibility index (Phi) is 5.78. The van der Waals surface area contributed by atoms with E-state index in [1.54, 1.807) is 24.3 Å². The van der Waals surface area contributed by atoms with Crippen LogP contribution in [0, 0.1) is 0 Å². The molecule has 0 aromatic heterocycles. The minimum absolute atomic E-state index is 0.00568. The molecule has 1 aliphatic rings. The van der Waals surface area contributed by atoms with Crippen molar-refractivity contribution in [1.29, 1.82) is 0 Å².